The van der Waals surface area contributed by atoms with Gasteiger partial charge in [0, 0.05) is 0 Å². The van der Waals surface area contributed by atoms with Gasteiger partial charge in [0.2, 0.25) is 0 Å². The van der Waals surface area contributed by atoms with E-state index in [2.05, 4.69) is 0 Å². The second-order valence-electron chi connectivity index (χ2n) is 0.750. The summed E-state index contributed by atoms with van der Waals surface area (Å²) >= 11 is -12.2. The van der Waals surface area contributed by atoms with E-state index in [0.29, 0.717) is 0 Å². The third kappa shape index (κ3) is 233. The first kappa shape index (κ1) is 36.7. The molecule has 0 saturated carbocycles. The van der Waals surface area contributed by atoms with Gasteiger partial charge in [-0.1, -0.05) is 0 Å². The van der Waals surface area contributed by atoms with Gasteiger partial charge < -0.3 is 0 Å². The van der Waals surface area contributed by atoms with Gasteiger partial charge in [0.25, 0.3) is 0 Å². The predicted octanol–water partition coefficient (Wildman–Crippen LogP) is -11.3. The van der Waals surface area contributed by atoms with Crippen LogP contribution in [0.15, 0.2) is 0 Å². The fourth-order valence-corrected chi connectivity index (χ4v) is 0. The number of hydrogen-bond donors (Lipinski definition) is 0. The Kier molecular flexibility index (Phi) is 76.5. The summed E-state index contributed by atoms with van der Waals surface area (Å²) in [5.41, 5.74) is 0. The summed E-state index contributed by atoms with van der Waals surface area (Å²) in [6.07, 6.45) is 0. The maximum absolute atomic E-state index is 8.58. The molecule has 0 aromatic carbocycles. The van der Waals surface area contributed by atoms with Crippen molar-refractivity contribution in [3.8, 4) is 0 Å². The van der Waals surface area contributed by atoms with Gasteiger partial charge >= 0.3 is 193 Å². The van der Waals surface area contributed by atoms with E-state index < -0.39 is 55.8 Å². The standard InChI is InChI=1S/Ba.Bi.Na.9O.3Ti/q+2;+3;+1;;;;6*-1;;;. The van der Waals surface area contributed by atoms with Gasteiger partial charge in [0.15, 0.2) is 0 Å². The number of rotatable bonds is 0. The Bertz CT molecular complexity index is 123. The molecule has 0 fully saturated rings. The molecule has 0 N–H and O–H groups in total. The molecule has 0 spiro atoms. The Balaban J connectivity index is -0.0000000184. The first-order chi connectivity index (χ1) is 5.20. The molecule has 0 aromatic rings. The van der Waals surface area contributed by atoms with Crippen LogP contribution in [0.3, 0.4) is 0 Å². The van der Waals surface area contributed by atoms with E-state index in [9.17, 15) is 0 Å². The summed E-state index contributed by atoms with van der Waals surface area (Å²) in [5.74, 6) is 0. The fourth-order valence-electron chi connectivity index (χ4n) is 0. The Morgan fingerprint density at radius 2 is 0.600 bits per heavy atom. The van der Waals surface area contributed by atoms with Crippen LogP contribution in [0.4, 0.5) is 0 Å². The van der Waals surface area contributed by atoms with Crippen molar-refractivity contribution in [1.29, 1.82) is 0 Å². The summed E-state index contributed by atoms with van der Waals surface area (Å²) in [6, 6.07) is 0. The van der Waals surface area contributed by atoms with Crippen molar-refractivity contribution in [3.05, 3.63) is 0 Å². The molecule has 0 bridgehead atoms. The molecular weight excluding hydrogens is 657 g/mol. The van der Waals surface area contributed by atoms with Gasteiger partial charge in [0.05, 0.1) is 0 Å². The normalized spacial score (nSPS) is 5.20. The second-order valence-corrected chi connectivity index (χ2v) is 3.09. The average molecular weight is 657 g/mol. The molecule has 0 atom stereocenters. The topological polar surface area (TPSA) is 190 Å². The van der Waals surface area contributed by atoms with E-state index in [1.165, 1.54) is 0 Å². The van der Waals surface area contributed by atoms with Gasteiger partial charge in [-0.3, -0.25) is 0 Å². The van der Waals surface area contributed by atoms with Crippen molar-refractivity contribution in [2.24, 2.45) is 0 Å². The van der Waals surface area contributed by atoms with E-state index in [1.807, 2.05) is 0 Å². The summed E-state index contributed by atoms with van der Waals surface area (Å²) in [4.78, 5) is 0. The molecule has 2 radical (unpaired) electrons. The quantitative estimate of drug-likeness (QED) is 0.228. The first-order valence-electron chi connectivity index (χ1n) is 1.84. The van der Waals surface area contributed by atoms with Crippen molar-refractivity contribution in [3.63, 3.8) is 0 Å². The molecule has 15 heavy (non-hydrogen) atoms. The van der Waals surface area contributed by atoms with Crippen LogP contribution in [-0.4, -0.2) is 75.1 Å². The van der Waals surface area contributed by atoms with Gasteiger partial charge in [-0.05, 0) is 0 Å². The van der Waals surface area contributed by atoms with Crippen LogP contribution in [-0.2, 0) is 65.8 Å². The van der Waals surface area contributed by atoms with Gasteiger partial charge in [-0.15, -0.1) is 0 Å². The molecular formula is BaBiNaO9Ti3. The van der Waals surface area contributed by atoms with Gasteiger partial charge in [-0.25, -0.2) is 0 Å². The van der Waals surface area contributed by atoms with E-state index in [-0.39, 0.29) is 105 Å². The molecule has 0 rings (SSSR count). The van der Waals surface area contributed by atoms with Crippen LogP contribution >= 0.6 is 0 Å². The third-order valence-electron chi connectivity index (χ3n) is 0. The molecule has 0 aromatic heterocycles. The van der Waals surface area contributed by atoms with Crippen molar-refractivity contribution in [2.45, 2.75) is 0 Å². The Morgan fingerprint density at radius 3 is 0.600 bits per heavy atom. The molecule has 9 nitrogen and oxygen atoms in total. The molecule has 0 saturated heterocycles. The van der Waals surface area contributed by atoms with Crippen molar-refractivity contribution >= 4 is 75.1 Å². The summed E-state index contributed by atoms with van der Waals surface area (Å²) < 4.78 is 77.2. The Hall–Kier alpha value is 4.76. The van der Waals surface area contributed by atoms with Crippen molar-refractivity contribution in [2.75, 3.05) is 0 Å². The zero-order valence-electron chi connectivity index (χ0n) is 7.33. The number of hydrogen-bond acceptors (Lipinski definition) is 9. The van der Waals surface area contributed by atoms with Gasteiger partial charge in [0.1, 0.15) is 0 Å². The molecule has 15 heteroatoms. The fraction of sp³-hybridized carbons (Fsp3) is 0. The molecule has 0 aliphatic heterocycles. The summed E-state index contributed by atoms with van der Waals surface area (Å²) in [7, 11) is 0. The molecule has 0 amide bonds. The minimum absolute atomic E-state index is 0. The predicted molar refractivity (Wildman–Crippen MR) is 13.6 cm³/mol. The second kappa shape index (κ2) is 31.3. The van der Waals surface area contributed by atoms with Crippen LogP contribution < -0.4 is 51.7 Å². The first-order valence-corrected chi connectivity index (χ1v) is 7.57. The molecule has 0 unspecified atom stereocenters. The third-order valence-corrected chi connectivity index (χ3v) is 0. The average Bonchev–Trinajstić information content (AvgIpc) is 1.54. The van der Waals surface area contributed by atoms with Crippen molar-refractivity contribution in [1.82, 2.24) is 0 Å². The maximum atomic E-state index is 8.58. The minimum atomic E-state index is -4.08. The zero-order valence-corrected chi connectivity index (χ0v) is 21.9. The molecule has 0 aliphatic carbocycles. The monoisotopic (exact) mass is 658 g/mol. The zero-order chi connectivity index (χ0) is 10.7. The van der Waals surface area contributed by atoms with Crippen LogP contribution in [0.2, 0.25) is 0 Å². The van der Waals surface area contributed by atoms with Gasteiger partial charge in [-0.2, -0.15) is 0 Å². The van der Waals surface area contributed by atoms with Crippen LogP contribution in [0.25, 0.3) is 0 Å². The Morgan fingerprint density at radius 1 is 0.600 bits per heavy atom. The molecule has 0 aliphatic rings. The SMILES string of the molecule is [Ba+2].[Bi+3].[Na+].[O]=[Ti]([O-])[O-].[O]=[Ti]([O-])[O-].[O]=[Ti]([O-])[O-]. The van der Waals surface area contributed by atoms with E-state index in [4.69, 9.17) is 32.1 Å². The summed E-state index contributed by atoms with van der Waals surface area (Å²) in [6.45, 7) is 0. The van der Waals surface area contributed by atoms with Crippen LogP contribution in [0, 0.1) is 0 Å². The Labute approximate surface area is 187 Å². The van der Waals surface area contributed by atoms with E-state index in [1.54, 1.807) is 0 Å². The van der Waals surface area contributed by atoms with E-state index in [0.717, 1.165) is 0 Å². The van der Waals surface area contributed by atoms with Crippen LogP contribution in [0.1, 0.15) is 0 Å². The summed E-state index contributed by atoms with van der Waals surface area (Å²) in [5, 5.41) is 0. The van der Waals surface area contributed by atoms with E-state index >= 15 is 0 Å². The van der Waals surface area contributed by atoms with Crippen molar-refractivity contribution < 1.29 is 118 Å². The van der Waals surface area contributed by atoms with Crippen LogP contribution in [0.5, 0.6) is 0 Å². The molecule has 0 heterocycles. The molecule has 74 valence electrons.